The Labute approximate surface area is 120 Å². The van der Waals surface area contributed by atoms with E-state index in [9.17, 15) is 13.2 Å². The Kier molecular flexibility index (Phi) is 6.22. The molecule has 1 aromatic rings. The zero-order valence-corrected chi connectivity index (χ0v) is 12.8. The number of rotatable bonds is 8. The Hall–Kier alpha value is -1.34. The van der Waals surface area contributed by atoms with Crippen LogP contribution in [0.15, 0.2) is 21.6 Å². The minimum Gasteiger partial charge on any atom is -0.438 e. The number of nitrogens with zero attached hydrogens (tertiary/aromatic N) is 1. The van der Waals surface area contributed by atoms with Gasteiger partial charge < -0.3 is 9.32 Å². The molecule has 0 unspecified atom stereocenters. The van der Waals surface area contributed by atoms with Crippen LogP contribution in [0.25, 0.3) is 0 Å². The third-order valence-electron chi connectivity index (χ3n) is 2.92. The summed E-state index contributed by atoms with van der Waals surface area (Å²) in [5.41, 5.74) is 0. The first kappa shape index (κ1) is 16.7. The molecule has 0 atom stereocenters. The van der Waals surface area contributed by atoms with E-state index in [0.717, 1.165) is 25.7 Å². The number of primary sulfonamides is 1. The van der Waals surface area contributed by atoms with Gasteiger partial charge in [0.2, 0.25) is 5.09 Å². The van der Waals surface area contributed by atoms with E-state index in [1.54, 1.807) is 4.90 Å². The van der Waals surface area contributed by atoms with E-state index in [1.807, 2.05) is 0 Å². The van der Waals surface area contributed by atoms with Crippen molar-refractivity contribution in [2.45, 2.75) is 44.6 Å². The number of amides is 1. The van der Waals surface area contributed by atoms with Crippen LogP contribution in [-0.2, 0) is 10.0 Å². The third-order valence-corrected chi connectivity index (χ3v) is 3.70. The van der Waals surface area contributed by atoms with Crippen molar-refractivity contribution < 1.29 is 17.6 Å². The van der Waals surface area contributed by atoms with Gasteiger partial charge in [-0.2, -0.15) is 0 Å². The standard InChI is InChI=1S/C13H22N2O4S/c1-3-5-9-15(10-6-4-2)13(16)11-7-8-12(19-11)20(14,17)18/h7-8H,3-6,9-10H2,1-2H3,(H2,14,17,18). The Morgan fingerprint density at radius 1 is 1.20 bits per heavy atom. The maximum absolute atomic E-state index is 12.3. The van der Waals surface area contributed by atoms with Crippen molar-refractivity contribution in [3.8, 4) is 0 Å². The van der Waals surface area contributed by atoms with Crippen molar-refractivity contribution in [1.29, 1.82) is 0 Å². The maximum atomic E-state index is 12.3. The highest BCUT2D eigenvalue weighted by Gasteiger charge is 2.21. The fourth-order valence-corrected chi connectivity index (χ4v) is 2.22. The molecular weight excluding hydrogens is 280 g/mol. The van der Waals surface area contributed by atoms with Crippen LogP contribution >= 0.6 is 0 Å². The van der Waals surface area contributed by atoms with E-state index < -0.39 is 10.0 Å². The van der Waals surface area contributed by atoms with Crippen LogP contribution in [0.1, 0.15) is 50.1 Å². The first-order valence-corrected chi connectivity index (χ1v) is 8.36. The average Bonchev–Trinajstić information content (AvgIpc) is 2.87. The molecule has 1 aromatic heterocycles. The Bertz CT molecular complexity index is 528. The molecule has 0 fully saturated rings. The molecule has 7 heteroatoms. The molecule has 0 aliphatic carbocycles. The van der Waals surface area contributed by atoms with Crippen molar-refractivity contribution in [2.24, 2.45) is 5.14 Å². The summed E-state index contributed by atoms with van der Waals surface area (Å²) in [6, 6.07) is 2.56. The van der Waals surface area contributed by atoms with Gasteiger partial charge in [-0.1, -0.05) is 26.7 Å². The van der Waals surface area contributed by atoms with Crippen molar-refractivity contribution in [1.82, 2.24) is 4.90 Å². The van der Waals surface area contributed by atoms with Gasteiger partial charge in [-0.3, -0.25) is 4.79 Å². The molecular formula is C13H22N2O4S. The molecule has 0 spiro atoms. The molecule has 2 N–H and O–H groups in total. The number of nitrogens with two attached hydrogens (primary N) is 1. The van der Waals surface area contributed by atoms with E-state index >= 15 is 0 Å². The minimum absolute atomic E-state index is 0.0150. The molecule has 0 aromatic carbocycles. The van der Waals surface area contributed by atoms with Gasteiger partial charge in [0.15, 0.2) is 5.76 Å². The van der Waals surface area contributed by atoms with Gasteiger partial charge in [-0.15, -0.1) is 0 Å². The predicted molar refractivity (Wildman–Crippen MR) is 75.8 cm³/mol. The summed E-state index contributed by atoms with van der Waals surface area (Å²) in [5.74, 6) is -0.275. The van der Waals surface area contributed by atoms with Gasteiger partial charge in [0, 0.05) is 13.1 Å². The number of hydrogen-bond donors (Lipinski definition) is 1. The molecule has 6 nitrogen and oxygen atoms in total. The van der Waals surface area contributed by atoms with E-state index in [0.29, 0.717) is 13.1 Å². The van der Waals surface area contributed by atoms with Crippen molar-refractivity contribution in [2.75, 3.05) is 13.1 Å². The first-order valence-electron chi connectivity index (χ1n) is 6.82. The Morgan fingerprint density at radius 3 is 2.15 bits per heavy atom. The van der Waals surface area contributed by atoms with Crippen LogP contribution in [0, 0.1) is 0 Å². The van der Waals surface area contributed by atoms with Crippen molar-refractivity contribution >= 4 is 15.9 Å². The lowest BCUT2D eigenvalue weighted by atomic mass is 10.2. The van der Waals surface area contributed by atoms with Crippen LogP contribution in [0.4, 0.5) is 0 Å². The SMILES string of the molecule is CCCCN(CCCC)C(=O)c1ccc(S(N)(=O)=O)o1. The van der Waals surface area contributed by atoms with Gasteiger partial charge in [-0.05, 0) is 25.0 Å². The number of carbonyl (C=O) groups excluding carboxylic acids is 1. The van der Waals surface area contributed by atoms with Crippen LogP contribution in [0.5, 0.6) is 0 Å². The van der Waals surface area contributed by atoms with Crippen LogP contribution in [-0.4, -0.2) is 32.3 Å². The largest absolute Gasteiger partial charge is 0.438 e. The van der Waals surface area contributed by atoms with Crippen LogP contribution in [0.3, 0.4) is 0 Å². The molecule has 0 aliphatic rings. The average molecular weight is 302 g/mol. The molecule has 0 aliphatic heterocycles. The monoisotopic (exact) mass is 302 g/mol. The fourth-order valence-electron chi connectivity index (χ4n) is 1.76. The second kappa shape index (κ2) is 7.44. The highest BCUT2D eigenvalue weighted by atomic mass is 32.2. The lowest BCUT2D eigenvalue weighted by Gasteiger charge is -2.21. The van der Waals surface area contributed by atoms with Crippen molar-refractivity contribution in [3.05, 3.63) is 17.9 Å². The number of hydrogen-bond acceptors (Lipinski definition) is 4. The molecule has 1 amide bonds. The maximum Gasteiger partial charge on any atom is 0.289 e. The van der Waals surface area contributed by atoms with Gasteiger partial charge in [-0.25, -0.2) is 13.6 Å². The molecule has 0 radical (unpaired) electrons. The summed E-state index contributed by atoms with van der Waals surface area (Å²) < 4.78 is 27.3. The van der Waals surface area contributed by atoms with Gasteiger partial charge >= 0.3 is 0 Å². The fraction of sp³-hybridized carbons (Fsp3) is 0.615. The molecule has 0 saturated carbocycles. The first-order chi connectivity index (χ1) is 9.40. The Balaban J connectivity index is 2.85. The zero-order valence-electron chi connectivity index (χ0n) is 12.0. The molecule has 1 heterocycles. The second-order valence-electron chi connectivity index (χ2n) is 4.66. The zero-order chi connectivity index (χ0) is 15.2. The second-order valence-corrected chi connectivity index (χ2v) is 6.16. The molecule has 20 heavy (non-hydrogen) atoms. The predicted octanol–water partition coefficient (Wildman–Crippen LogP) is 1.97. The van der Waals surface area contributed by atoms with Crippen LogP contribution in [0.2, 0.25) is 0 Å². The highest BCUT2D eigenvalue weighted by Crippen LogP contribution is 2.15. The summed E-state index contributed by atoms with van der Waals surface area (Å²) in [6.07, 6.45) is 3.77. The topological polar surface area (TPSA) is 93.6 Å². The minimum atomic E-state index is -3.91. The molecule has 0 bridgehead atoms. The van der Waals surface area contributed by atoms with Crippen molar-refractivity contribution in [3.63, 3.8) is 0 Å². The smallest absolute Gasteiger partial charge is 0.289 e. The summed E-state index contributed by atoms with van der Waals surface area (Å²) in [6.45, 7) is 5.38. The molecule has 0 saturated heterocycles. The van der Waals surface area contributed by atoms with E-state index in [2.05, 4.69) is 13.8 Å². The van der Waals surface area contributed by atoms with E-state index in [1.165, 1.54) is 12.1 Å². The highest BCUT2D eigenvalue weighted by molar-refractivity contribution is 7.89. The van der Waals surface area contributed by atoms with Gasteiger partial charge in [0.1, 0.15) is 0 Å². The lowest BCUT2D eigenvalue weighted by molar-refractivity contribution is 0.0713. The number of carbonyl (C=O) groups is 1. The molecule has 114 valence electrons. The summed E-state index contributed by atoms with van der Waals surface area (Å²) in [7, 11) is -3.91. The quantitative estimate of drug-likeness (QED) is 0.794. The van der Waals surface area contributed by atoms with E-state index in [-0.39, 0.29) is 16.8 Å². The number of unbranched alkanes of at least 4 members (excludes halogenated alkanes) is 2. The summed E-state index contributed by atoms with van der Waals surface area (Å²) in [5, 5.41) is 4.58. The van der Waals surface area contributed by atoms with Gasteiger partial charge in [0.25, 0.3) is 15.9 Å². The van der Waals surface area contributed by atoms with Crippen LogP contribution < -0.4 is 5.14 Å². The Morgan fingerprint density at radius 2 is 1.75 bits per heavy atom. The number of furan rings is 1. The number of sulfonamides is 1. The third kappa shape index (κ3) is 4.64. The van der Waals surface area contributed by atoms with Gasteiger partial charge in [0.05, 0.1) is 0 Å². The summed E-state index contributed by atoms with van der Waals surface area (Å²) >= 11 is 0. The summed E-state index contributed by atoms with van der Waals surface area (Å²) in [4.78, 5) is 14.0. The lowest BCUT2D eigenvalue weighted by Crippen LogP contribution is -2.32. The van der Waals surface area contributed by atoms with E-state index in [4.69, 9.17) is 9.56 Å². The molecule has 1 rings (SSSR count). The normalized spacial score (nSPS) is 11.6.